The summed E-state index contributed by atoms with van der Waals surface area (Å²) in [5.41, 5.74) is 1.32. The molecule has 0 amide bonds. The van der Waals surface area contributed by atoms with Crippen LogP contribution in [0.1, 0.15) is 25.3 Å². The summed E-state index contributed by atoms with van der Waals surface area (Å²) >= 11 is 0. The fraction of sp³-hybridized carbons (Fsp3) is 0.476. The molecule has 0 spiro atoms. The Kier molecular flexibility index (Phi) is 5.66. The molecule has 28 heavy (non-hydrogen) atoms. The Morgan fingerprint density at radius 1 is 1.07 bits per heavy atom. The second-order valence-corrected chi connectivity index (χ2v) is 9.84. The van der Waals surface area contributed by atoms with Crippen molar-refractivity contribution in [2.75, 3.05) is 31.5 Å². The van der Waals surface area contributed by atoms with Crippen LogP contribution in [0, 0.1) is 5.92 Å². The van der Waals surface area contributed by atoms with Crippen LogP contribution < -0.4 is 5.32 Å². The van der Waals surface area contributed by atoms with Crippen molar-refractivity contribution in [1.82, 2.24) is 14.2 Å². The first-order valence-electron chi connectivity index (χ1n) is 10.0. The molecule has 0 radical (unpaired) electrons. The first kappa shape index (κ1) is 19.4. The highest BCUT2D eigenvalue weighted by atomic mass is 32.2. The van der Waals surface area contributed by atoms with Crippen molar-refractivity contribution in [3.63, 3.8) is 0 Å². The molecule has 2 atom stereocenters. The van der Waals surface area contributed by atoms with Gasteiger partial charge in [-0.3, -0.25) is 4.90 Å². The average Bonchev–Trinajstić information content (AvgIpc) is 3.34. The molecule has 6 nitrogen and oxygen atoms in total. The van der Waals surface area contributed by atoms with E-state index in [9.17, 15) is 8.42 Å². The van der Waals surface area contributed by atoms with Crippen LogP contribution in [-0.2, 0) is 16.6 Å². The van der Waals surface area contributed by atoms with E-state index < -0.39 is 10.0 Å². The van der Waals surface area contributed by atoms with E-state index in [-0.39, 0.29) is 4.90 Å². The topological polar surface area (TPSA) is 65.5 Å². The molecule has 1 aromatic carbocycles. The fourth-order valence-corrected chi connectivity index (χ4v) is 5.57. The number of rotatable bonds is 6. The summed E-state index contributed by atoms with van der Waals surface area (Å²) in [5, 5.41) is 3.49. The molecule has 2 saturated heterocycles. The molecule has 1 N–H and O–H groups in total. The third-order valence-electron chi connectivity index (χ3n) is 5.71. The van der Waals surface area contributed by atoms with E-state index in [2.05, 4.69) is 46.4 Å². The van der Waals surface area contributed by atoms with Crippen molar-refractivity contribution in [1.29, 1.82) is 0 Å². The number of anilines is 1. The van der Waals surface area contributed by atoms with Crippen LogP contribution in [0.15, 0.2) is 53.6 Å². The molecule has 0 bridgehead atoms. The van der Waals surface area contributed by atoms with Crippen molar-refractivity contribution >= 4 is 15.8 Å². The van der Waals surface area contributed by atoms with Gasteiger partial charge in [-0.25, -0.2) is 13.4 Å². The number of likely N-dealkylation sites (tertiary alicyclic amines) is 1. The van der Waals surface area contributed by atoms with E-state index in [4.69, 9.17) is 0 Å². The number of hydrogen-bond acceptors (Lipinski definition) is 5. The number of pyridine rings is 1. The molecule has 2 unspecified atom stereocenters. The van der Waals surface area contributed by atoms with Crippen molar-refractivity contribution in [3.05, 3.63) is 54.2 Å². The molecular weight excluding hydrogens is 372 g/mol. The molecule has 7 heteroatoms. The standard InChI is InChI=1S/C21H28N4O2S/c1-17-14-24(15-18-7-3-2-4-8-18)16-20(17)23-21-10-9-19(13-22-21)28(26,27)25-11-5-6-12-25/h2-4,7-10,13,17,20H,5-6,11-12,14-16H2,1H3,(H,22,23). The van der Waals surface area contributed by atoms with E-state index in [1.165, 1.54) is 11.8 Å². The summed E-state index contributed by atoms with van der Waals surface area (Å²) in [6.45, 7) is 6.40. The van der Waals surface area contributed by atoms with Crippen LogP contribution in [0.2, 0.25) is 0 Å². The predicted octanol–water partition coefficient (Wildman–Crippen LogP) is 2.80. The second kappa shape index (κ2) is 8.19. The lowest BCUT2D eigenvalue weighted by atomic mass is 10.1. The lowest BCUT2D eigenvalue weighted by molar-refractivity contribution is 0.319. The summed E-state index contributed by atoms with van der Waals surface area (Å²) < 4.78 is 26.8. The van der Waals surface area contributed by atoms with E-state index in [1.807, 2.05) is 6.07 Å². The van der Waals surface area contributed by atoms with Crippen LogP contribution in [0.4, 0.5) is 5.82 Å². The van der Waals surface area contributed by atoms with Gasteiger partial charge >= 0.3 is 0 Å². The van der Waals surface area contributed by atoms with Gasteiger partial charge in [0.2, 0.25) is 10.0 Å². The van der Waals surface area contributed by atoms with Gasteiger partial charge in [0.05, 0.1) is 0 Å². The van der Waals surface area contributed by atoms with Gasteiger partial charge < -0.3 is 5.32 Å². The summed E-state index contributed by atoms with van der Waals surface area (Å²) in [6.07, 6.45) is 3.36. The summed E-state index contributed by atoms with van der Waals surface area (Å²) in [6, 6.07) is 14.3. The van der Waals surface area contributed by atoms with E-state index >= 15 is 0 Å². The SMILES string of the molecule is CC1CN(Cc2ccccc2)CC1Nc1ccc(S(=O)(=O)N2CCCC2)cn1. The zero-order chi connectivity index (χ0) is 19.6. The van der Waals surface area contributed by atoms with Crippen LogP contribution in [0.5, 0.6) is 0 Å². The molecule has 3 heterocycles. The summed E-state index contributed by atoms with van der Waals surface area (Å²) in [5.74, 6) is 1.23. The molecule has 0 saturated carbocycles. The Bertz CT molecular complexity index is 880. The average molecular weight is 401 g/mol. The molecule has 1 aromatic heterocycles. The van der Waals surface area contributed by atoms with Crippen molar-refractivity contribution in [2.24, 2.45) is 5.92 Å². The van der Waals surface area contributed by atoms with Crippen molar-refractivity contribution in [3.8, 4) is 0 Å². The summed E-state index contributed by atoms with van der Waals surface area (Å²) in [4.78, 5) is 7.12. The van der Waals surface area contributed by atoms with E-state index in [1.54, 1.807) is 16.4 Å². The Balaban J connectivity index is 1.38. The monoisotopic (exact) mass is 400 g/mol. The third kappa shape index (κ3) is 4.21. The van der Waals surface area contributed by atoms with Crippen LogP contribution in [0.25, 0.3) is 0 Å². The van der Waals surface area contributed by atoms with Crippen LogP contribution in [-0.4, -0.2) is 54.8 Å². The number of nitrogens with one attached hydrogen (secondary N) is 1. The van der Waals surface area contributed by atoms with Gasteiger partial charge in [-0.15, -0.1) is 0 Å². The van der Waals surface area contributed by atoms with Gasteiger partial charge in [0.25, 0.3) is 0 Å². The number of aromatic nitrogens is 1. The maximum absolute atomic E-state index is 12.6. The van der Waals surface area contributed by atoms with Crippen molar-refractivity contribution < 1.29 is 8.42 Å². The van der Waals surface area contributed by atoms with E-state index in [0.717, 1.165) is 38.3 Å². The molecule has 2 fully saturated rings. The number of sulfonamides is 1. The Labute approximate surface area is 167 Å². The van der Waals surface area contributed by atoms with Gasteiger partial charge in [-0.05, 0) is 36.5 Å². The van der Waals surface area contributed by atoms with Gasteiger partial charge in [0.1, 0.15) is 10.7 Å². The summed E-state index contributed by atoms with van der Waals surface area (Å²) in [7, 11) is -3.40. The number of nitrogens with zero attached hydrogens (tertiary/aromatic N) is 3. The van der Waals surface area contributed by atoms with Gasteiger partial charge in [0.15, 0.2) is 0 Å². The first-order valence-corrected chi connectivity index (χ1v) is 11.5. The molecule has 2 aliphatic rings. The van der Waals surface area contributed by atoms with Gasteiger partial charge in [-0.1, -0.05) is 37.3 Å². The highest BCUT2D eigenvalue weighted by Crippen LogP contribution is 2.24. The number of benzene rings is 1. The highest BCUT2D eigenvalue weighted by Gasteiger charge is 2.30. The van der Waals surface area contributed by atoms with Crippen LogP contribution in [0.3, 0.4) is 0 Å². The zero-order valence-corrected chi connectivity index (χ0v) is 17.1. The minimum absolute atomic E-state index is 0.283. The third-order valence-corrected chi connectivity index (χ3v) is 7.59. The lowest BCUT2D eigenvalue weighted by Gasteiger charge is -2.19. The minimum Gasteiger partial charge on any atom is -0.366 e. The minimum atomic E-state index is -3.40. The lowest BCUT2D eigenvalue weighted by Crippen LogP contribution is -2.29. The largest absolute Gasteiger partial charge is 0.366 e. The maximum atomic E-state index is 12.6. The highest BCUT2D eigenvalue weighted by molar-refractivity contribution is 7.89. The predicted molar refractivity (Wildman–Crippen MR) is 111 cm³/mol. The van der Waals surface area contributed by atoms with Gasteiger partial charge in [-0.2, -0.15) is 4.31 Å². The quantitative estimate of drug-likeness (QED) is 0.808. The fourth-order valence-electron chi connectivity index (χ4n) is 4.11. The Morgan fingerprint density at radius 2 is 1.82 bits per heavy atom. The molecule has 0 aliphatic carbocycles. The zero-order valence-electron chi connectivity index (χ0n) is 16.3. The molecule has 2 aromatic rings. The normalized spacial score (nSPS) is 23.9. The van der Waals surface area contributed by atoms with Crippen molar-refractivity contribution in [2.45, 2.75) is 37.2 Å². The number of hydrogen-bond donors (Lipinski definition) is 1. The van der Waals surface area contributed by atoms with E-state index in [0.29, 0.717) is 25.0 Å². The molecule has 2 aliphatic heterocycles. The molecular formula is C21H28N4O2S. The first-order chi connectivity index (χ1) is 13.5. The Morgan fingerprint density at radius 3 is 2.50 bits per heavy atom. The Hall–Kier alpha value is -1.96. The molecule has 150 valence electrons. The van der Waals surface area contributed by atoms with Crippen LogP contribution >= 0.6 is 0 Å². The van der Waals surface area contributed by atoms with Gasteiger partial charge in [0, 0.05) is 45.0 Å². The second-order valence-electron chi connectivity index (χ2n) is 7.90. The molecule has 4 rings (SSSR count). The maximum Gasteiger partial charge on any atom is 0.244 e. The smallest absolute Gasteiger partial charge is 0.244 e.